The first-order chi connectivity index (χ1) is 10.1. The van der Waals surface area contributed by atoms with Gasteiger partial charge in [0, 0.05) is 16.8 Å². The molecule has 2 aromatic rings. The summed E-state index contributed by atoms with van der Waals surface area (Å²) in [5, 5.41) is 10.2. The largest absolute Gasteiger partial charge is 0.345 e. The van der Waals surface area contributed by atoms with E-state index in [-0.39, 0.29) is 11.9 Å². The third-order valence-corrected chi connectivity index (χ3v) is 4.33. The first-order valence-corrected chi connectivity index (χ1v) is 7.50. The number of fused-ring (bicyclic) bond motifs is 1. The molecule has 3 rings (SSSR count). The number of aryl methyl sites for hydroxylation is 4. The fourth-order valence-corrected chi connectivity index (χ4v) is 3.26. The molecule has 1 amide bonds. The van der Waals surface area contributed by atoms with Crippen LogP contribution in [-0.4, -0.2) is 16.1 Å². The summed E-state index contributed by atoms with van der Waals surface area (Å²) in [6.45, 7) is 5.93. The first-order valence-electron chi connectivity index (χ1n) is 7.50. The summed E-state index contributed by atoms with van der Waals surface area (Å²) in [5.74, 6) is -0.0165. The molecule has 4 nitrogen and oxygen atoms in total. The number of aromatic nitrogens is 2. The van der Waals surface area contributed by atoms with E-state index < -0.39 is 0 Å². The average Bonchev–Trinajstić information content (AvgIpc) is 3.04. The van der Waals surface area contributed by atoms with Gasteiger partial charge in [-0.2, -0.15) is 5.10 Å². The summed E-state index contributed by atoms with van der Waals surface area (Å²) >= 11 is 0. The van der Waals surface area contributed by atoms with Crippen molar-refractivity contribution in [2.45, 2.75) is 46.1 Å². The van der Waals surface area contributed by atoms with Crippen LogP contribution in [0, 0.1) is 13.8 Å². The number of carbonyl (C=O) groups is 1. The van der Waals surface area contributed by atoms with Gasteiger partial charge < -0.3 is 5.32 Å². The number of hydrogen-bond acceptors (Lipinski definition) is 2. The van der Waals surface area contributed by atoms with Gasteiger partial charge in [0.05, 0.1) is 11.7 Å². The van der Waals surface area contributed by atoms with Crippen LogP contribution in [0.2, 0.25) is 0 Å². The predicted molar refractivity (Wildman–Crippen MR) is 82.4 cm³/mol. The van der Waals surface area contributed by atoms with Crippen LogP contribution in [0.15, 0.2) is 18.2 Å². The lowest BCUT2D eigenvalue weighted by molar-refractivity contribution is 0.0939. The third-order valence-electron chi connectivity index (χ3n) is 4.33. The quantitative estimate of drug-likeness (QED) is 0.909. The lowest BCUT2D eigenvalue weighted by atomic mass is 10.0. The van der Waals surface area contributed by atoms with Crippen LogP contribution in [-0.2, 0) is 12.8 Å². The fourth-order valence-electron chi connectivity index (χ4n) is 3.26. The summed E-state index contributed by atoms with van der Waals surface area (Å²) in [5.41, 5.74) is 6.49. The molecule has 1 atom stereocenters. The highest BCUT2D eigenvalue weighted by atomic mass is 16.1. The van der Waals surface area contributed by atoms with Crippen molar-refractivity contribution in [1.82, 2.24) is 15.5 Å². The number of nitrogens with zero attached hydrogens (tertiary/aromatic N) is 1. The van der Waals surface area contributed by atoms with Gasteiger partial charge in [0.15, 0.2) is 0 Å². The number of nitrogens with one attached hydrogen (secondary N) is 2. The Kier molecular flexibility index (Phi) is 3.53. The van der Waals surface area contributed by atoms with E-state index in [0.29, 0.717) is 0 Å². The van der Waals surface area contributed by atoms with Crippen molar-refractivity contribution >= 4 is 5.91 Å². The zero-order valence-electron chi connectivity index (χ0n) is 12.8. The maximum absolute atomic E-state index is 12.4. The van der Waals surface area contributed by atoms with Crippen LogP contribution in [0.3, 0.4) is 0 Å². The van der Waals surface area contributed by atoms with Crippen LogP contribution >= 0.6 is 0 Å². The van der Waals surface area contributed by atoms with Gasteiger partial charge >= 0.3 is 0 Å². The van der Waals surface area contributed by atoms with Crippen LogP contribution in [0.1, 0.15) is 57.8 Å². The molecule has 2 N–H and O–H groups in total. The average molecular weight is 283 g/mol. The number of carbonyl (C=O) groups excluding carboxylic acids is 1. The van der Waals surface area contributed by atoms with E-state index in [1.54, 1.807) is 0 Å². The van der Waals surface area contributed by atoms with Crippen molar-refractivity contribution in [3.8, 4) is 0 Å². The Morgan fingerprint density at radius 3 is 2.76 bits per heavy atom. The lowest BCUT2D eigenvalue weighted by Crippen LogP contribution is -2.27. The summed E-state index contributed by atoms with van der Waals surface area (Å²) in [7, 11) is 0. The highest BCUT2D eigenvalue weighted by Crippen LogP contribution is 2.24. The third kappa shape index (κ3) is 2.58. The van der Waals surface area contributed by atoms with E-state index >= 15 is 0 Å². The van der Waals surface area contributed by atoms with Crippen LogP contribution in [0.25, 0.3) is 0 Å². The Balaban J connectivity index is 1.77. The lowest BCUT2D eigenvalue weighted by Gasteiger charge is -2.15. The number of benzene rings is 1. The summed E-state index contributed by atoms with van der Waals surface area (Å²) in [4.78, 5) is 12.4. The van der Waals surface area contributed by atoms with E-state index in [9.17, 15) is 4.79 Å². The molecule has 1 heterocycles. The minimum atomic E-state index is -0.0514. The maximum atomic E-state index is 12.4. The van der Waals surface area contributed by atoms with Crippen molar-refractivity contribution in [2.24, 2.45) is 0 Å². The minimum absolute atomic E-state index is 0.0165. The highest BCUT2D eigenvalue weighted by molar-refractivity contribution is 5.94. The van der Waals surface area contributed by atoms with Gasteiger partial charge in [0.1, 0.15) is 0 Å². The van der Waals surface area contributed by atoms with E-state index in [1.807, 2.05) is 32.9 Å². The Bertz CT molecular complexity index is 668. The molecule has 4 heteroatoms. The molecule has 1 aliphatic rings. The Labute approximate surface area is 125 Å². The molecule has 1 aromatic carbocycles. The van der Waals surface area contributed by atoms with Gasteiger partial charge in [-0.3, -0.25) is 9.89 Å². The van der Waals surface area contributed by atoms with Crippen LogP contribution in [0.5, 0.6) is 0 Å². The highest BCUT2D eigenvalue weighted by Gasteiger charge is 2.18. The standard InChI is InChI=1S/C17H21N3O/c1-10(16-11(2)19-20-12(16)3)18-17(21)15-8-7-13-5-4-6-14(13)9-15/h7-10H,4-6H2,1-3H3,(H,18,21)(H,19,20). The SMILES string of the molecule is Cc1n[nH]c(C)c1C(C)NC(=O)c1ccc2c(c1)CCC2. The molecular formula is C17H21N3O. The molecule has 0 radical (unpaired) electrons. The van der Waals surface area contributed by atoms with Gasteiger partial charge in [-0.15, -0.1) is 0 Å². The van der Waals surface area contributed by atoms with Crippen molar-refractivity contribution in [2.75, 3.05) is 0 Å². The predicted octanol–water partition coefficient (Wildman–Crippen LogP) is 3.01. The minimum Gasteiger partial charge on any atom is -0.345 e. The fraction of sp³-hybridized carbons (Fsp3) is 0.412. The molecule has 21 heavy (non-hydrogen) atoms. The van der Waals surface area contributed by atoms with E-state index in [1.165, 1.54) is 17.5 Å². The van der Waals surface area contributed by atoms with Crippen LogP contribution in [0.4, 0.5) is 0 Å². The Morgan fingerprint density at radius 1 is 1.29 bits per heavy atom. The van der Waals surface area contributed by atoms with Crippen molar-refractivity contribution in [3.63, 3.8) is 0 Å². The number of rotatable bonds is 3. The molecule has 0 spiro atoms. The summed E-state index contributed by atoms with van der Waals surface area (Å²) < 4.78 is 0. The molecule has 1 aliphatic carbocycles. The first kappa shape index (κ1) is 13.9. The molecule has 0 saturated carbocycles. The number of hydrogen-bond donors (Lipinski definition) is 2. The van der Waals surface area contributed by atoms with Crippen molar-refractivity contribution in [1.29, 1.82) is 0 Å². The van der Waals surface area contributed by atoms with Crippen molar-refractivity contribution in [3.05, 3.63) is 51.8 Å². The molecule has 1 unspecified atom stereocenters. The molecule has 0 aliphatic heterocycles. The van der Waals surface area contributed by atoms with E-state index in [2.05, 4.69) is 21.6 Å². The molecule has 0 saturated heterocycles. The van der Waals surface area contributed by atoms with Gasteiger partial charge in [-0.1, -0.05) is 6.07 Å². The summed E-state index contributed by atoms with van der Waals surface area (Å²) in [6, 6.07) is 6.02. The molecule has 110 valence electrons. The second-order valence-corrected chi connectivity index (χ2v) is 5.88. The number of aromatic amines is 1. The van der Waals surface area contributed by atoms with Crippen molar-refractivity contribution < 1.29 is 4.79 Å². The molecular weight excluding hydrogens is 262 g/mol. The number of H-pyrrole nitrogens is 1. The zero-order chi connectivity index (χ0) is 15.0. The molecule has 1 aromatic heterocycles. The Hall–Kier alpha value is -2.10. The van der Waals surface area contributed by atoms with Gasteiger partial charge in [0.2, 0.25) is 0 Å². The van der Waals surface area contributed by atoms with E-state index in [4.69, 9.17) is 0 Å². The van der Waals surface area contributed by atoms with Crippen LogP contribution < -0.4 is 5.32 Å². The zero-order valence-corrected chi connectivity index (χ0v) is 12.8. The number of amides is 1. The van der Waals surface area contributed by atoms with Gasteiger partial charge in [-0.05, 0) is 63.3 Å². The molecule has 0 fully saturated rings. The van der Waals surface area contributed by atoms with Gasteiger partial charge in [-0.25, -0.2) is 0 Å². The maximum Gasteiger partial charge on any atom is 0.251 e. The second-order valence-electron chi connectivity index (χ2n) is 5.88. The smallest absolute Gasteiger partial charge is 0.251 e. The Morgan fingerprint density at radius 2 is 2.05 bits per heavy atom. The topological polar surface area (TPSA) is 57.8 Å². The van der Waals surface area contributed by atoms with Gasteiger partial charge in [0.25, 0.3) is 5.91 Å². The van der Waals surface area contributed by atoms with E-state index in [0.717, 1.165) is 35.4 Å². The summed E-state index contributed by atoms with van der Waals surface area (Å²) in [6.07, 6.45) is 3.43. The monoisotopic (exact) mass is 283 g/mol. The normalized spacial score (nSPS) is 14.8. The second kappa shape index (κ2) is 5.35. The molecule has 0 bridgehead atoms.